The molecule has 1 atom stereocenters. The Kier molecular flexibility index (Phi) is 5.39. The summed E-state index contributed by atoms with van der Waals surface area (Å²) in [5.41, 5.74) is 0.371. The number of hydrogen-bond acceptors (Lipinski definition) is 4. The summed E-state index contributed by atoms with van der Waals surface area (Å²) in [7, 11) is -3.70. The molecule has 0 saturated carbocycles. The van der Waals surface area contributed by atoms with Gasteiger partial charge in [0.15, 0.2) is 5.25 Å². The zero-order valence-electron chi connectivity index (χ0n) is 10.7. The Balaban J connectivity index is 2.88. The Labute approximate surface area is 113 Å². The highest BCUT2D eigenvalue weighted by molar-refractivity contribution is 7.93. The van der Waals surface area contributed by atoms with Crippen LogP contribution in [0.3, 0.4) is 0 Å². The van der Waals surface area contributed by atoms with Crippen molar-refractivity contribution in [2.75, 3.05) is 11.3 Å². The molecule has 0 aromatic heterocycles. The molecule has 0 heterocycles. The number of benzene rings is 1. The number of nitrogens with zero attached hydrogens (tertiary/aromatic N) is 1. The van der Waals surface area contributed by atoms with Crippen molar-refractivity contribution in [1.82, 2.24) is 0 Å². The van der Waals surface area contributed by atoms with Crippen LogP contribution in [0.2, 0.25) is 0 Å². The zero-order chi connectivity index (χ0) is 14.3. The third kappa shape index (κ3) is 4.30. The van der Waals surface area contributed by atoms with E-state index in [1.807, 2.05) is 0 Å². The lowest BCUT2D eigenvalue weighted by molar-refractivity contribution is 0.363. The third-order valence-corrected chi connectivity index (χ3v) is 4.06. The van der Waals surface area contributed by atoms with E-state index in [-0.39, 0.29) is 6.42 Å². The average molecular weight is 280 g/mol. The Morgan fingerprint density at radius 1 is 1.58 bits per heavy atom. The van der Waals surface area contributed by atoms with Gasteiger partial charge >= 0.3 is 0 Å². The number of sulfonamides is 1. The lowest BCUT2D eigenvalue weighted by Crippen LogP contribution is -2.25. The molecule has 1 unspecified atom stereocenters. The van der Waals surface area contributed by atoms with Gasteiger partial charge in [0, 0.05) is 6.07 Å². The second kappa shape index (κ2) is 6.81. The SMILES string of the molecule is C=CCOc1cccc(NS(=O)(=O)C(C#N)CC)c1. The second-order valence-corrected chi connectivity index (χ2v) is 5.66. The lowest BCUT2D eigenvalue weighted by Gasteiger charge is -2.12. The number of hydrogen-bond donors (Lipinski definition) is 1. The lowest BCUT2D eigenvalue weighted by atomic mass is 10.3. The van der Waals surface area contributed by atoms with Crippen LogP contribution in [0.1, 0.15) is 13.3 Å². The predicted molar refractivity (Wildman–Crippen MR) is 74.4 cm³/mol. The summed E-state index contributed by atoms with van der Waals surface area (Å²) in [6.45, 7) is 5.52. The van der Waals surface area contributed by atoms with Gasteiger partial charge in [-0.15, -0.1) is 0 Å². The molecule has 0 radical (unpaired) electrons. The van der Waals surface area contributed by atoms with E-state index in [2.05, 4.69) is 11.3 Å². The maximum Gasteiger partial charge on any atom is 0.249 e. The van der Waals surface area contributed by atoms with Crippen molar-refractivity contribution in [1.29, 1.82) is 5.26 Å². The Morgan fingerprint density at radius 3 is 2.89 bits per heavy atom. The van der Waals surface area contributed by atoms with E-state index in [1.54, 1.807) is 43.3 Å². The number of nitriles is 1. The van der Waals surface area contributed by atoms with E-state index in [0.29, 0.717) is 18.0 Å². The summed E-state index contributed by atoms with van der Waals surface area (Å²) in [4.78, 5) is 0. The quantitative estimate of drug-likeness (QED) is 0.777. The number of ether oxygens (including phenoxy) is 1. The first-order valence-corrected chi connectivity index (χ1v) is 7.33. The van der Waals surface area contributed by atoms with Crippen LogP contribution in [0.5, 0.6) is 5.75 Å². The molecule has 0 fully saturated rings. The number of nitrogens with one attached hydrogen (secondary N) is 1. The van der Waals surface area contributed by atoms with E-state index in [0.717, 1.165) is 0 Å². The van der Waals surface area contributed by atoms with Crippen LogP contribution < -0.4 is 9.46 Å². The molecular weight excluding hydrogens is 264 g/mol. The van der Waals surface area contributed by atoms with Gasteiger partial charge in [-0.25, -0.2) is 8.42 Å². The van der Waals surface area contributed by atoms with Gasteiger partial charge < -0.3 is 4.74 Å². The average Bonchev–Trinajstić information content (AvgIpc) is 2.37. The normalized spacial score (nSPS) is 12.2. The molecule has 0 spiro atoms. The first-order chi connectivity index (χ1) is 9.03. The van der Waals surface area contributed by atoms with Crippen LogP contribution in [0.25, 0.3) is 0 Å². The number of anilines is 1. The van der Waals surface area contributed by atoms with Crippen molar-refractivity contribution in [3.05, 3.63) is 36.9 Å². The van der Waals surface area contributed by atoms with Crippen molar-refractivity contribution in [2.45, 2.75) is 18.6 Å². The largest absolute Gasteiger partial charge is 0.489 e. The summed E-state index contributed by atoms with van der Waals surface area (Å²) in [6, 6.07) is 8.31. The molecular formula is C13H16N2O3S. The van der Waals surface area contributed by atoms with Crippen LogP contribution in [-0.2, 0) is 10.0 Å². The summed E-state index contributed by atoms with van der Waals surface area (Å²) in [5, 5.41) is 7.74. The maximum atomic E-state index is 11.9. The van der Waals surface area contributed by atoms with Crippen molar-refractivity contribution in [3.63, 3.8) is 0 Å². The molecule has 1 aromatic rings. The minimum absolute atomic E-state index is 0.235. The smallest absolute Gasteiger partial charge is 0.249 e. The predicted octanol–water partition coefficient (Wildman–Crippen LogP) is 2.30. The molecule has 102 valence electrons. The molecule has 1 N–H and O–H groups in total. The van der Waals surface area contributed by atoms with Gasteiger partial charge in [-0.2, -0.15) is 5.26 Å². The van der Waals surface area contributed by atoms with Gasteiger partial charge in [0.25, 0.3) is 0 Å². The Bertz CT molecular complexity index is 576. The highest BCUT2D eigenvalue weighted by atomic mass is 32.2. The fraction of sp³-hybridized carbons (Fsp3) is 0.308. The van der Waals surface area contributed by atoms with Crippen LogP contribution in [0.15, 0.2) is 36.9 Å². The molecule has 0 saturated heterocycles. The van der Waals surface area contributed by atoms with Gasteiger partial charge in [0.2, 0.25) is 10.0 Å². The van der Waals surface area contributed by atoms with Gasteiger partial charge in [-0.05, 0) is 18.6 Å². The van der Waals surface area contributed by atoms with Crippen molar-refractivity contribution in [3.8, 4) is 11.8 Å². The van der Waals surface area contributed by atoms with Crippen LogP contribution >= 0.6 is 0 Å². The van der Waals surface area contributed by atoms with E-state index in [9.17, 15) is 8.42 Å². The van der Waals surface area contributed by atoms with Gasteiger partial charge in [-0.1, -0.05) is 25.6 Å². The summed E-state index contributed by atoms with van der Waals surface area (Å²) in [5.74, 6) is 0.533. The standard InChI is InChI=1S/C13H16N2O3S/c1-3-8-18-12-7-5-6-11(9-12)15-19(16,17)13(4-2)10-14/h3,5-7,9,13,15H,1,4,8H2,2H3. The molecule has 0 aliphatic rings. The molecule has 0 bridgehead atoms. The Morgan fingerprint density at radius 2 is 2.32 bits per heavy atom. The molecule has 1 rings (SSSR count). The number of rotatable bonds is 7. The van der Waals surface area contributed by atoms with Crippen LogP contribution in [0.4, 0.5) is 5.69 Å². The summed E-state index contributed by atoms with van der Waals surface area (Å²) < 4.78 is 31.5. The molecule has 0 amide bonds. The maximum absolute atomic E-state index is 11.9. The van der Waals surface area contributed by atoms with Crippen LogP contribution in [-0.4, -0.2) is 20.3 Å². The van der Waals surface area contributed by atoms with Crippen molar-refractivity contribution in [2.24, 2.45) is 0 Å². The molecule has 5 nitrogen and oxygen atoms in total. The third-order valence-electron chi connectivity index (χ3n) is 2.35. The van der Waals surface area contributed by atoms with Gasteiger partial charge in [0.1, 0.15) is 12.4 Å². The molecule has 6 heteroatoms. The first-order valence-electron chi connectivity index (χ1n) is 5.78. The molecule has 0 aliphatic heterocycles. The fourth-order valence-electron chi connectivity index (χ4n) is 1.42. The van der Waals surface area contributed by atoms with Crippen molar-refractivity contribution < 1.29 is 13.2 Å². The molecule has 0 aliphatic carbocycles. The highest BCUT2D eigenvalue weighted by Crippen LogP contribution is 2.20. The first kappa shape index (κ1) is 15.1. The second-order valence-electron chi connectivity index (χ2n) is 3.80. The minimum atomic E-state index is -3.70. The summed E-state index contributed by atoms with van der Waals surface area (Å²) >= 11 is 0. The van der Waals surface area contributed by atoms with Gasteiger partial charge in [-0.3, -0.25) is 4.72 Å². The van der Waals surface area contributed by atoms with Crippen molar-refractivity contribution >= 4 is 15.7 Å². The monoisotopic (exact) mass is 280 g/mol. The summed E-state index contributed by atoms with van der Waals surface area (Å²) in [6.07, 6.45) is 1.83. The van der Waals surface area contributed by atoms with E-state index >= 15 is 0 Å². The van der Waals surface area contributed by atoms with E-state index < -0.39 is 15.3 Å². The highest BCUT2D eigenvalue weighted by Gasteiger charge is 2.23. The molecule has 19 heavy (non-hydrogen) atoms. The minimum Gasteiger partial charge on any atom is -0.489 e. The van der Waals surface area contributed by atoms with Gasteiger partial charge in [0.05, 0.1) is 11.8 Å². The zero-order valence-corrected chi connectivity index (χ0v) is 11.5. The Hall–Kier alpha value is -2.00. The van der Waals surface area contributed by atoms with E-state index in [4.69, 9.17) is 10.00 Å². The van der Waals surface area contributed by atoms with E-state index in [1.165, 1.54) is 0 Å². The topological polar surface area (TPSA) is 79.2 Å². The fourth-order valence-corrected chi connectivity index (χ4v) is 2.60. The van der Waals surface area contributed by atoms with Crippen LogP contribution in [0, 0.1) is 11.3 Å². The molecule has 1 aromatic carbocycles.